The van der Waals surface area contributed by atoms with Gasteiger partial charge >= 0.3 is 18.1 Å². The first kappa shape index (κ1) is 25.9. The molecular weight excluding hydrogens is 457 g/mol. The average Bonchev–Trinajstić information content (AvgIpc) is 2.82. The molecule has 2 heterocycles. The van der Waals surface area contributed by atoms with Gasteiger partial charge in [0.2, 0.25) is 0 Å². The summed E-state index contributed by atoms with van der Waals surface area (Å²) in [7, 11) is 1.25. The van der Waals surface area contributed by atoms with Gasteiger partial charge in [0.05, 0.1) is 30.8 Å². The van der Waals surface area contributed by atoms with E-state index in [0.29, 0.717) is 17.8 Å². The Morgan fingerprint density at radius 1 is 1.17 bits per heavy atom. The quantitative estimate of drug-likeness (QED) is 0.601. The van der Waals surface area contributed by atoms with E-state index in [4.69, 9.17) is 9.47 Å². The zero-order valence-electron chi connectivity index (χ0n) is 20.2. The Kier molecular flexibility index (Phi) is 8.58. The van der Waals surface area contributed by atoms with Crippen LogP contribution in [0.3, 0.4) is 0 Å². The lowest BCUT2D eigenvalue weighted by Crippen LogP contribution is -2.58. The maximum atomic E-state index is 15.2. The van der Waals surface area contributed by atoms with Gasteiger partial charge in [-0.05, 0) is 39.0 Å². The highest BCUT2D eigenvalue weighted by Crippen LogP contribution is 2.22. The van der Waals surface area contributed by atoms with E-state index in [1.165, 1.54) is 24.3 Å². The van der Waals surface area contributed by atoms with Crippen molar-refractivity contribution in [2.45, 2.75) is 39.5 Å². The highest BCUT2D eigenvalue weighted by molar-refractivity contribution is 5.99. The minimum Gasteiger partial charge on any atom is -0.461 e. The fraction of sp³-hybridized carbons (Fsp3) is 0.417. The second kappa shape index (κ2) is 11.6. The van der Waals surface area contributed by atoms with Gasteiger partial charge in [0.15, 0.2) is 5.82 Å². The molecule has 1 saturated heterocycles. The largest absolute Gasteiger partial charge is 0.461 e. The monoisotopic (exact) mass is 487 g/mol. The number of carbonyl (C=O) groups excluding carboxylic acids is 3. The molecule has 0 aliphatic carbocycles. The second-order valence-corrected chi connectivity index (χ2v) is 8.45. The molecule has 3 amide bonds. The smallest absolute Gasteiger partial charge is 0.410 e. The van der Waals surface area contributed by atoms with Crippen molar-refractivity contribution in [3.8, 4) is 0 Å². The SMILES string of the molecule is COC(=O)N1CCN(Cc2cccc(NC(=O)Nc3ccc(C)nc3)c2F)C[C@@H]1C(=O)OC(C)C. The van der Waals surface area contributed by atoms with E-state index < -0.39 is 30.0 Å². The fourth-order valence-corrected chi connectivity index (χ4v) is 3.70. The summed E-state index contributed by atoms with van der Waals surface area (Å²) in [4.78, 5) is 44.4. The molecule has 2 aromatic rings. The molecule has 0 bridgehead atoms. The number of hydrogen-bond acceptors (Lipinski definition) is 7. The van der Waals surface area contributed by atoms with Crippen LogP contribution in [0.2, 0.25) is 0 Å². The minimum absolute atomic E-state index is 0.0176. The first-order valence-corrected chi connectivity index (χ1v) is 11.2. The number of nitrogens with zero attached hydrogens (tertiary/aromatic N) is 3. The van der Waals surface area contributed by atoms with E-state index in [0.717, 1.165) is 5.69 Å². The number of hydrogen-bond donors (Lipinski definition) is 2. The van der Waals surface area contributed by atoms with Crippen LogP contribution in [0.5, 0.6) is 0 Å². The van der Waals surface area contributed by atoms with Crippen LogP contribution in [0.4, 0.5) is 25.4 Å². The summed E-state index contributed by atoms with van der Waals surface area (Å²) in [5.74, 6) is -1.13. The lowest BCUT2D eigenvalue weighted by atomic mass is 10.1. The third-order valence-corrected chi connectivity index (χ3v) is 5.39. The molecule has 0 spiro atoms. The van der Waals surface area contributed by atoms with Gasteiger partial charge in [-0.3, -0.25) is 14.8 Å². The predicted molar refractivity (Wildman–Crippen MR) is 127 cm³/mol. The van der Waals surface area contributed by atoms with Crippen LogP contribution >= 0.6 is 0 Å². The Hall–Kier alpha value is -3.73. The molecule has 1 aliphatic rings. The van der Waals surface area contributed by atoms with E-state index in [-0.39, 0.29) is 31.4 Å². The van der Waals surface area contributed by atoms with Crippen molar-refractivity contribution < 1.29 is 28.2 Å². The maximum Gasteiger partial charge on any atom is 0.410 e. The van der Waals surface area contributed by atoms with Gasteiger partial charge in [0.1, 0.15) is 6.04 Å². The number of benzene rings is 1. The molecule has 11 heteroatoms. The highest BCUT2D eigenvalue weighted by Gasteiger charge is 2.37. The van der Waals surface area contributed by atoms with Crippen LogP contribution in [0.15, 0.2) is 36.5 Å². The number of ether oxygens (including phenoxy) is 2. The van der Waals surface area contributed by atoms with E-state index in [1.807, 2.05) is 11.8 Å². The number of nitrogens with one attached hydrogen (secondary N) is 2. The molecule has 10 nitrogen and oxygen atoms in total. The first-order chi connectivity index (χ1) is 16.7. The summed E-state index contributed by atoms with van der Waals surface area (Å²) in [6.45, 7) is 6.22. The van der Waals surface area contributed by atoms with Gasteiger partial charge in [-0.15, -0.1) is 0 Å². The lowest BCUT2D eigenvalue weighted by molar-refractivity contribution is -0.155. The lowest BCUT2D eigenvalue weighted by Gasteiger charge is -2.39. The van der Waals surface area contributed by atoms with Gasteiger partial charge < -0.3 is 20.1 Å². The number of aromatic nitrogens is 1. The van der Waals surface area contributed by atoms with Crippen molar-refractivity contribution in [2.75, 3.05) is 37.4 Å². The van der Waals surface area contributed by atoms with Gasteiger partial charge in [-0.2, -0.15) is 0 Å². The fourth-order valence-electron chi connectivity index (χ4n) is 3.70. The third-order valence-electron chi connectivity index (χ3n) is 5.39. The van der Waals surface area contributed by atoms with Crippen LogP contribution in [-0.4, -0.2) is 71.8 Å². The number of esters is 1. The van der Waals surface area contributed by atoms with Crippen molar-refractivity contribution in [1.29, 1.82) is 0 Å². The number of pyridine rings is 1. The van der Waals surface area contributed by atoms with Crippen LogP contribution in [-0.2, 0) is 20.8 Å². The Balaban J connectivity index is 1.68. The number of anilines is 2. The molecule has 2 N–H and O–H groups in total. The number of halogens is 1. The van der Waals surface area contributed by atoms with Gasteiger partial charge in [-0.1, -0.05) is 12.1 Å². The second-order valence-electron chi connectivity index (χ2n) is 8.45. The van der Waals surface area contributed by atoms with Gasteiger partial charge in [0.25, 0.3) is 0 Å². The number of methoxy groups -OCH3 is 1. The van der Waals surface area contributed by atoms with Crippen molar-refractivity contribution >= 4 is 29.5 Å². The Labute approximate surface area is 203 Å². The van der Waals surface area contributed by atoms with Crippen LogP contribution in [0.25, 0.3) is 0 Å². The number of carbonyl (C=O) groups is 3. The predicted octanol–water partition coefficient (Wildman–Crippen LogP) is 3.38. The number of urea groups is 1. The third kappa shape index (κ3) is 6.89. The van der Waals surface area contributed by atoms with Crippen molar-refractivity contribution in [3.05, 3.63) is 53.6 Å². The first-order valence-electron chi connectivity index (χ1n) is 11.2. The molecule has 0 radical (unpaired) electrons. The van der Waals surface area contributed by atoms with Crippen molar-refractivity contribution in [1.82, 2.24) is 14.8 Å². The Bertz CT molecular complexity index is 1060. The number of piperazine rings is 1. The molecule has 0 unspecified atom stereocenters. The molecule has 188 valence electrons. The number of aryl methyl sites for hydroxylation is 1. The van der Waals surface area contributed by atoms with E-state index in [1.54, 1.807) is 38.1 Å². The molecule has 1 aromatic heterocycles. The normalized spacial score (nSPS) is 16.1. The zero-order valence-corrected chi connectivity index (χ0v) is 20.2. The van der Waals surface area contributed by atoms with Crippen LogP contribution in [0.1, 0.15) is 25.1 Å². The molecule has 3 rings (SSSR count). The topological polar surface area (TPSA) is 113 Å². The summed E-state index contributed by atoms with van der Waals surface area (Å²) in [5.41, 5.74) is 1.64. The summed E-state index contributed by atoms with van der Waals surface area (Å²) in [6.07, 6.45) is 0.540. The zero-order chi connectivity index (χ0) is 25.5. The minimum atomic E-state index is -0.878. The number of rotatable bonds is 6. The van der Waals surface area contributed by atoms with Crippen molar-refractivity contribution in [3.63, 3.8) is 0 Å². The van der Waals surface area contributed by atoms with Crippen LogP contribution < -0.4 is 10.6 Å². The van der Waals surface area contributed by atoms with Crippen molar-refractivity contribution in [2.24, 2.45) is 0 Å². The molecule has 35 heavy (non-hydrogen) atoms. The van der Waals surface area contributed by atoms with Crippen LogP contribution in [0, 0.1) is 12.7 Å². The summed E-state index contributed by atoms with van der Waals surface area (Å²) in [6, 6.07) is 6.67. The molecule has 0 saturated carbocycles. The summed E-state index contributed by atoms with van der Waals surface area (Å²) < 4.78 is 25.3. The van der Waals surface area contributed by atoms with E-state index in [2.05, 4.69) is 15.6 Å². The number of amides is 3. The Morgan fingerprint density at radius 2 is 1.94 bits per heavy atom. The summed E-state index contributed by atoms with van der Waals surface area (Å²) >= 11 is 0. The molecule has 1 fully saturated rings. The maximum absolute atomic E-state index is 15.2. The van der Waals surface area contributed by atoms with Gasteiger partial charge in [-0.25, -0.2) is 18.8 Å². The van der Waals surface area contributed by atoms with Gasteiger partial charge in [0, 0.05) is 37.4 Å². The molecule has 1 aliphatic heterocycles. The van der Waals surface area contributed by atoms with E-state index in [9.17, 15) is 14.4 Å². The summed E-state index contributed by atoms with van der Waals surface area (Å²) in [5, 5.41) is 5.12. The average molecular weight is 488 g/mol. The molecular formula is C24H30FN5O5. The van der Waals surface area contributed by atoms with E-state index >= 15 is 4.39 Å². The highest BCUT2D eigenvalue weighted by atomic mass is 19.1. The Morgan fingerprint density at radius 3 is 2.60 bits per heavy atom. The standard InChI is InChI=1S/C24H30FN5O5/c1-15(2)35-22(31)20-14-29(10-11-30(20)24(33)34-4)13-17-6-5-7-19(21(17)25)28-23(32)27-18-9-8-16(3)26-12-18/h5-9,12,15,20H,10-11,13-14H2,1-4H3,(H2,27,28,32)/t20-/m1/s1. The molecule has 1 aromatic carbocycles. The molecule has 1 atom stereocenters.